The van der Waals surface area contributed by atoms with E-state index in [4.69, 9.17) is 4.74 Å². The van der Waals surface area contributed by atoms with E-state index in [9.17, 15) is 27.5 Å². The van der Waals surface area contributed by atoms with E-state index in [1.54, 1.807) is 12.1 Å². The Morgan fingerprint density at radius 3 is 2.66 bits per heavy atom. The van der Waals surface area contributed by atoms with Gasteiger partial charge in [-0.25, -0.2) is 12.8 Å². The number of halogens is 1. The molecule has 0 spiro atoms. The lowest BCUT2D eigenvalue weighted by molar-refractivity contribution is -0.134. The van der Waals surface area contributed by atoms with Gasteiger partial charge in [0.15, 0.2) is 0 Å². The van der Waals surface area contributed by atoms with Crippen LogP contribution in [0.1, 0.15) is 5.56 Å². The van der Waals surface area contributed by atoms with Gasteiger partial charge in [-0.15, -0.1) is 0 Å². The van der Waals surface area contributed by atoms with Gasteiger partial charge in [0.05, 0.1) is 25.0 Å². The number of amides is 2. The van der Waals surface area contributed by atoms with Crippen LogP contribution in [0.4, 0.5) is 4.39 Å². The highest BCUT2D eigenvalue weighted by Crippen LogP contribution is 2.30. The summed E-state index contributed by atoms with van der Waals surface area (Å²) in [6, 6.07) is 5.68. The van der Waals surface area contributed by atoms with Crippen LogP contribution in [-0.2, 0) is 30.9 Å². The summed E-state index contributed by atoms with van der Waals surface area (Å²) in [5.41, 5.74) is 0.853. The van der Waals surface area contributed by atoms with Crippen LogP contribution in [0.5, 0.6) is 0 Å². The van der Waals surface area contributed by atoms with E-state index in [1.807, 2.05) is 0 Å². The van der Waals surface area contributed by atoms with Crippen molar-refractivity contribution in [3.05, 3.63) is 58.9 Å². The van der Waals surface area contributed by atoms with Gasteiger partial charge in [-0.3, -0.25) is 9.59 Å². The molecular weight excluding hydrogens is 443 g/mol. The van der Waals surface area contributed by atoms with Gasteiger partial charge in [-0.1, -0.05) is 12.1 Å². The van der Waals surface area contributed by atoms with Crippen LogP contribution in [0.25, 0.3) is 0 Å². The van der Waals surface area contributed by atoms with Gasteiger partial charge in [0.2, 0.25) is 10.0 Å². The molecule has 172 valence electrons. The van der Waals surface area contributed by atoms with Crippen molar-refractivity contribution in [2.24, 2.45) is 0 Å². The molecule has 32 heavy (non-hydrogen) atoms. The lowest BCUT2D eigenvalue weighted by atomic mass is 10.1. The fourth-order valence-corrected chi connectivity index (χ4v) is 5.02. The van der Waals surface area contributed by atoms with Crippen molar-refractivity contribution < 1.29 is 32.2 Å². The summed E-state index contributed by atoms with van der Waals surface area (Å²) >= 11 is 0. The number of piperazine rings is 1. The van der Waals surface area contributed by atoms with Gasteiger partial charge < -0.3 is 25.0 Å². The van der Waals surface area contributed by atoms with E-state index in [0.29, 0.717) is 5.56 Å². The molecule has 2 saturated heterocycles. The van der Waals surface area contributed by atoms with Gasteiger partial charge in [-0.2, -0.15) is 4.31 Å². The molecular formula is C20H23FN4O6S. The van der Waals surface area contributed by atoms with E-state index < -0.39 is 28.0 Å². The summed E-state index contributed by atoms with van der Waals surface area (Å²) < 4.78 is 44.0. The number of rotatable bonds is 4. The van der Waals surface area contributed by atoms with Crippen molar-refractivity contribution in [3.63, 3.8) is 0 Å². The van der Waals surface area contributed by atoms with Crippen LogP contribution in [0.15, 0.2) is 47.5 Å². The highest BCUT2D eigenvalue weighted by Gasteiger charge is 2.47. The molecule has 2 N–H and O–H groups in total. The van der Waals surface area contributed by atoms with Crippen molar-refractivity contribution in [1.82, 2.24) is 19.4 Å². The van der Waals surface area contributed by atoms with Gasteiger partial charge in [0, 0.05) is 25.8 Å². The van der Waals surface area contributed by atoms with E-state index >= 15 is 0 Å². The predicted molar refractivity (Wildman–Crippen MR) is 111 cm³/mol. The molecule has 0 radical (unpaired) electrons. The van der Waals surface area contributed by atoms with Crippen molar-refractivity contribution in [2.75, 3.05) is 39.1 Å². The number of carbonyl (C=O) groups is 2. The number of benzene rings is 1. The summed E-state index contributed by atoms with van der Waals surface area (Å²) in [5.74, 6) is -1.66. The first-order valence-electron chi connectivity index (χ1n) is 9.93. The monoisotopic (exact) mass is 466 g/mol. The Kier molecular flexibility index (Phi) is 5.93. The van der Waals surface area contributed by atoms with Gasteiger partial charge in [0.25, 0.3) is 11.8 Å². The predicted octanol–water partition coefficient (Wildman–Crippen LogP) is -0.129. The standard InChI is InChI=1S/C20H23FN4O6S/c1-32(29,30)25-7-6-24-17(25)10-23-9-14(11-31-12-16(26)18(23)20(24)28)19(27)22-8-13-2-4-15(21)5-3-13/h2-5,9,17,26H,6-8,10-12H2,1H3,(H,22,27)/b14-9+,18-16+. The maximum Gasteiger partial charge on any atom is 0.275 e. The zero-order chi connectivity index (χ0) is 23.0. The molecule has 1 unspecified atom stereocenters. The van der Waals surface area contributed by atoms with Gasteiger partial charge >= 0.3 is 0 Å². The molecule has 1 aromatic rings. The smallest absolute Gasteiger partial charge is 0.275 e. The largest absolute Gasteiger partial charge is 0.507 e. The highest BCUT2D eigenvalue weighted by molar-refractivity contribution is 7.88. The van der Waals surface area contributed by atoms with Crippen molar-refractivity contribution >= 4 is 21.8 Å². The summed E-state index contributed by atoms with van der Waals surface area (Å²) in [6.45, 7) is 0.184. The summed E-state index contributed by atoms with van der Waals surface area (Å²) in [5, 5.41) is 13.1. The molecule has 3 heterocycles. The van der Waals surface area contributed by atoms with Crippen LogP contribution in [0.3, 0.4) is 0 Å². The highest BCUT2D eigenvalue weighted by atomic mass is 32.2. The third-order valence-electron chi connectivity index (χ3n) is 5.53. The second kappa shape index (κ2) is 8.52. The number of aliphatic hydroxyl groups excluding tert-OH is 1. The molecule has 3 aliphatic rings. The van der Waals surface area contributed by atoms with Crippen LogP contribution in [0.2, 0.25) is 0 Å². The number of aliphatic hydroxyl groups is 1. The van der Waals surface area contributed by atoms with Gasteiger partial charge in [-0.05, 0) is 17.7 Å². The molecule has 10 nitrogen and oxygen atoms in total. The maximum absolute atomic E-state index is 13.1. The number of fused-ring (bicyclic) bond motifs is 2. The average Bonchev–Trinajstić information content (AvgIpc) is 3.16. The molecule has 1 aromatic carbocycles. The van der Waals surface area contributed by atoms with Crippen LogP contribution >= 0.6 is 0 Å². The molecule has 1 atom stereocenters. The van der Waals surface area contributed by atoms with Crippen LogP contribution < -0.4 is 5.32 Å². The van der Waals surface area contributed by atoms with Gasteiger partial charge in [0.1, 0.15) is 30.0 Å². The zero-order valence-electron chi connectivity index (χ0n) is 17.3. The second-order valence-electron chi connectivity index (χ2n) is 7.76. The Morgan fingerprint density at radius 2 is 1.97 bits per heavy atom. The Labute approximate surface area is 184 Å². The van der Waals surface area contributed by atoms with E-state index in [1.165, 1.54) is 32.4 Å². The third kappa shape index (κ3) is 4.33. The number of hydrogen-bond donors (Lipinski definition) is 2. The topological polar surface area (TPSA) is 119 Å². The van der Waals surface area contributed by atoms with E-state index in [0.717, 1.165) is 6.26 Å². The fourth-order valence-electron chi connectivity index (χ4n) is 3.98. The average molecular weight is 466 g/mol. The number of sulfonamides is 1. The number of nitrogens with one attached hydrogen (secondary N) is 1. The first kappa shape index (κ1) is 22.2. The molecule has 0 saturated carbocycles. The second-order valence-corrected chi connectivity index (χ2v) is 9.69. The lowest BCUT2D eigenvalue weighted by Crippen LogP contribution is -2.56. The Morgan fingerprint density at radius 1 is 1.25 bits per heavy atom. The summed E-state index contributed by atoms with van der Waals surface area (Å²) in [6.07, 6.45) is 1.74. The number of nitrogens with zero attached hydrogens (tertiary/aromatic N) is 3. The molecule has 2 fully saturated rings. The molecule has 12 heteroatoms. The maximum atomic E-state index is 13.1. The summed E-state index contributed by atoms with van der Waals surface area (Å²) in [7, 11) is -3.55. The summed E-state index contributed by atoms with van der Waals surface area (Å²) in [4.78, 5) is 28.6. The number of carbonyl (C=O) groups excluding carboxylic acids is 2. The van der Waals surface area contributed by atoms with E-state index in [-0.39, 0.29) is 62.2 Å². The minimum absolute atomic E-state index is 0.0415. The zero-order valence-corrected chi connectivity index (χ0v) is 18.1. The molecule has 2 amide bonds. The SMILES string of the molecule is CS(=O)(=O)N1CCN2C(=O)/C3=C(\O)COC/C(C(=O)NCc4ccc(F)cc4)=C\N3CC21. The minimum Gasteiger partial charge on any atom is -0.507 e. The first-order valence-corrected chi connectivity index (χ1v) is 11.8. The molecule has 4 rings (SSSR count). The first-order chi connectivity index (χ1) is 15.1. The normalized spacial score (nSPS) is 26.0. The van der Waals surface area contributed by atoms with Crippen molar-refractivity contribution in [1.29, 1.82) is 0 Å². The number of hydrogen-bond acceptors (Lipinski definition) is 7. The molecule has 0 aliphatic carbocycles. The lowest BCUT2D eigenvalue weighted by Gasteiger charge is -2.40. The van der Waals surface area contributed by atoms with E-state index in [2.05, 4.69) is 5.32 Å². The number of ether oxygens (including phenoxy) is 1. The third-order valence-corrected chi connectivity index (χ3v) is 6.81. The molecule has 0 aromatic heterocycles. The minimum atomic E-state index is -3.55. The quantitative estimate of drug-likeness (QED) is 0.635. The Bertz CT molecular complexity index is 1100. The Balaban J connectivity index is 1.58. The molecule has 3 aliphatic heterocycles. The van der Waals surface area contributed by atoms with Crippen molar-refractivity contribution in [3.8, 4) is 0 Å². The van der Waals surface area contributed by atoms with Crippen LogP contribution in [0, 0.1) is 5.82 Å². The van der Waals surface area contributed by atoms with Crippen molar-refractivity contribution in [2.45, 2.75) is 12.7 Å². The Hall–Kier alpha value is -2.96. The van der Waals surface area contributed by atoms with Crippen LogP contribution in [-0.4, -0.2) is 84.7 Å². The fraction of sp³-hybridized carbons (Fsp3) is 0.400. The molecule has 0 bridgehead atoms.